The normalized spacial score (nSPS) is 11.4. The summed E-state index contributed by atoms with van der Waals surface area (Å²) in [5.74, 6) is 0. The quantitative estimate of drug-likeness (QED) is 0.343. The largest absolute Gasteiger partial charge is 0.465 e. The highest BCUT2D eigenvalue weighted by Gasteiger charge is 2.21. The van der Waals surface area contributed by atoms with Crippen LogP contribution < -0.4 is 16.0 Å². The summed E-state index contributed by atoms with van der Waals surface area (Å²) >= 11 is 6.04. The molecule has 3 aromatic rings. The SMILES string of the molecule is CCCCCCCCCOc1nc2c(c(=O)n(CCCO)c(=O)n2C)n1Cc1ccc(Cl)cc1. The van der Waals surface area contributed by atoms with Crippen LogP contribution in [-0.2, 0) is 20.1 Å². The van der Waals surface area contributed by atoms with Crippen LogP contribution in [0.1, 0.15) is 63.9 Å². The molecule has 34 heavy (non-hydrogen) atoms. The van der Waals surface area contributed by atoms with E-state index in [9.17, 15) is 14.7 Å². The second kappa shape index (κ2) is 12.8. The fourth-order valence-corrected chi connectivity index (χ4v) is 4.16. The summed E-state index contributed by atoms with van der Waals surface area (Å²) in [5.41, 5.74) is 0.641. The molecule has 9 heteroatoms. The molecule has 0 fully saturated rings. The van der Waals surface area contributed by atoms with Gasteiger partial charge in [-0.25, -0.2) is 4.79 Å². The molecule has 0 saturated heterocycles. The lowest BCUT2D eigenvalue weighted by Gasteiger charge is -2.11. The van der Waals surface area contributed by atoms with Crippen molar-refractivity contribution in [3.63, 3.8) is 0 Å². The summed E-state index contributed by atoms with van der Waals surface area (Å²) < 4.78 is 10.3. The van der Waals surface area contributed by atoms with Crippen LogP contribution in [-0.4, -0.2) is 37.0 Å². The zero-order valence-electron chi connectivity index (χ0n) is 20.1. The molecule has 0 unspecified atom stereocenters. The van der Waals surface area contributed by atoms with Crippen LogP contribution in [0.4, 0.5) is 0 Å². The maximum Gasteiger partial charge on any atom is 0.332 e. The first kappa shape index (κ1) is 26.0. The minimum atomic E-state index is -0.458. The van der Waals surface area contributed by atoms with Crippen LogP contribution in [0.15, 0.2) is 33.9 Å². The van der Waals surface area contributed by atoms with Gasteiger partial charge in [0.05, 0.1) is 13.2 Å². The number of hydrogen-bond acceptors (Lipinski definition) is 5. The van der Waals surface area contributed by atoms with Gasteiger partial charge in [-0.1, -0.05) is 69.2 Å². The Morgan fingerprint density at radius 3 is 2.32 bits per heavy atom. The summed E-state index contributed by atoms with van der Waals surface area (Å²) in [7, 11) is 1.60. The Hall–Kier alpha value is -2.58. The molecule has 2 aromatic heterocycles. The Labute approximate surface area is 204 Å². The minimum absolute atomic E-state index is 0.107. The summed E-state index contributed by atoms with van der Waals surface area (Å²) in [5, 5.41) is 9.82. The van der Waals surface area contributed by atoms with Crippen LogP contribution in [0.2, 0.25) is 5.02 Å². The molecule has 0 aliphatic rings. The summed E-state index contributed by atoms with van der Waals surface area (Å²) in [4.78, 5) is 30.6. The number of nitrogens with zero attached hydrogens (tertiary/aromatic N) is 4. The van der Waals surface area contributed by atoms with E-state index in [0.717, 1.165) is 23.0 Å². The number of ether oxygens (including phenoxy) is 1. The van der Waals surface area contributed by atoms with E-state index in [-0.39, 0.29) is 13.2 Å². The van der Waals surface area contributed by atoms with E-state index in [1.807, 2.05) is 12.1 Å². The first-order chi connectivity index (χ1) is 16.5. The number of aliphatic hydroxyl groups excluding tert-OH is 1. The van der Waals surface area contributed by atoms with Crippen molar-refractivity contribution in [3.8, 4) is 6.01 Å². The molecule has 1 aromatic carbocycles. The van der Waals surface area contributed by atoms with Gasteiger partial charge >= 0.3 is 5.69 Å². The fraction of sp³-hybridized carbons (Fsp3) is 0.560. The van der Waals surface area contributed by atoms with Crippen LogP contribution in [0.5, 0.6) is 6.01 Å². The second-order valence-electron chi connectivity index (χ2n) is 8.62. The standard InChI is InChI=1S/C25H35ClN4O4/c1-3-4-5-6-7-8-9-17-34-24-27-22-21(30(24)18-19-11-13-20(26)14-12-19)23(32)29(15-10-16-31)25(33)28(22)2/h11-14,31H,3-10,15-18H2,1-2H3. The molecule has 1 N–H and O–H groups in total. The highest BCUT2D eigenvalue weighted by atomic mass is 35.5. The first-order valence-corrected chi connectivity index (χ1v) is 12.5. The number of rotatable bonds is 14. The highest BCUT2D eigenvalue weighted by molar-refractivity contribution is 6.30. The molecular formula is C25H35ClN4O4. The molecule has 0 radical (unpaired) electrons. The number of hydrogen-bond donors (Lipinski definition) is 1. The van der Waals surface area contributed by atoms with E-state index in [4.69, 9.17) is 16.3 Å². The number of aliphatic hydroxyl groups is 1. The van der Waals surface area contributed by atoms with E-state index in [2.05, 4.69) is 11.9 Å². The average Bonchev–Trinajstić information content (AvgIpc) is 3.19. The van der Waals surface area contributed by atoms with Gasteiger partial charge in [-0.2, -0.15) is 4.98 Å². The predicted molar refractivity (Wildman–Crippen MR) is 135 cm³/mol. The minimum Gasteiger partial charge on any atom is -0.465 e. The molecule has 0 bridgehead atoms. The first-order valence-electron chi connectivity index (χ1n) is 12.2. The average molecular weight is 491 g/mol. The Balaban J connectivity index is 1.90. The van der Waals surface area contributed by atoms with Gasteiger partial charge in [-0.15, -0.1) is 0 Å². The Kier molecular flexibility index (Phi) is 9.77. The van der Waals surface area contributed by atoms with Crippen LogP contribution in [0.3, 0.4) is 0 Å². The molecule has 0 atom stereocenters. The van der Waals surface area contributed by atoms with Gasteiger partial charge in [-0.05, 0) is 30.5 Å². The lowest BCUT2D eigenvalue weighted by molar-refractivity contribution is 0.271. The number of aryl methyl sites for hydroxylation is 1. The third-order valence-corrected chi connectivity index (χ3v) is 6.22. The molecule has 0 amide bonds. The molecule has 0 saturated carbocycles. The second-order valence-corrected chi connectivity index (χ2v) is 9.06. The molecule has 8 nitrogen and oxygen atoms in total. The predicted octanol–water partition coefficient (Wildman–Crippen LogP) is 4.11. The van der Waals surface area contributed by atoms with Crippen molar-refractivity contribution < 1.29 is 9.84 Å². The van der Waals surface area contributed by atoms with E-state index in [1.165, 1.54) is 36.7 Å². The molecule has 3 rings (SSSR count). The van der Waals surface area contributed by atoms with Crippen LogP contribution >= 0.6 is 11.6 Å². The number of fused-ring (bicyclic) bond motifs is 1. The van der Waals surface area contributed by atoms with Crippen molar-refractivity contribution in [2.75, 3.05) is 13.2 Å². The van der Waals surface area contributed by atoms with Crippen LogP contribution in [0.25, 0.3) is 11.2 Å². The van der Waals surface area contributed by atoms with Crippen molar-refractivity contribution in [1.82, 2.24) is 18.7 Å². The van der Waals surface area contributed by atoms with Gasteiger partial charge in [-0.3, -0.25) is 18.5 Å². The summed E-state index contributed by atoms with van der Waals surface area (Å²) in [6.45, 7) is 3.09. The number of unbranched alkanes of at least 4 members (excludes halogenated alkanes) is 6. The molecule has 186 valence electrons. The molecule has 2 heterocycles. The van der Waals surface area contributed by atoms with Crippen molar-refractivity contribution in [1.29, 1.82) is 0 Å². The van der Waals surface area contributed by atoms with E-state index in [1.54, 1.807) is 23.7 Å². The fourth-order valence-electron chi connectivity index (χ4n) is 4.03. The van der Waals surface area contributed by atoms with Gasteiger partial charge in [0, 0.05) is 25.2 Å². The van der Waals surface area contributed by atoms with Gasteiger partial charge in [0.15, 0.2) is 11.2 Å². The molecular weight excluding hydrogens is 456 g/mol. The van der Waals surface area contributed by atoms with E-state index < -0.39 is 11.2 Å². The number of halogens is 1. The Bertz CT molecular complexity index is 1180. The maximum absolute atomic E-state index is 13.3. The zero-order valence-corrected chi connectivity index (χ0v) is 20.9. The Morgan fingerprint density at radius 1 is 0.971 bits per heavy atom. The van der Waals surface area contributed by atoms with Gasteiger partial charge < -0.3 is 9.84 Å². The topological polar surface area (TPSA) is 91.3 Å². The van der Waals surface area contributed by atoms with Crippen molar-refractivity contribution in [3.05, 3.63) is 55.7 Å². The van der Waals surface area contributed by atoms with Crippen LogP contribution in [0, 0.1) is 0 Å². The number of aromatic nitrogens is 4. The van der Waals surface area contributed by atoms with E-state index in [0.29, 0.717) is 41.8 Å². The van der Waals surface area contributed by atoms with Gasteiger partial charge in [0.1, 0.15) is 0 Å². The Morgan fingerprint density at radius 2 is 1.65 bits per heavy atom. The summed E-state index contributed by atoms with van der Waals surface area (Å²) in [6, 6.07) is 7.69. The summed E-state index contributed by atoms with van der Waals surface area (Å²) in [6.07, 6.45) is 8.48. The third kappa shape index (κ3) is 6.30. The van der Waals surface area contributed by atoms with Crippen molar-refractivity contribution >= 4 is 22.8 Å². The highest BCUT2D eigenvalue weighted by Crippen LogP contribution is 2.21. The van der Waals surface area contributed by atoms with Gasteiger partial charge in [0.2, 0.25) is 0 Å². The van der Waals surface area contributed by atoms with Gasteiger partial charge in [0.25, 0.3) is 11.6 Å². The zero-order chi connectivity index (χ0) is 24.5. The molecule has 0 aliphatic heterocycles. The molecule has 0 aliphatic carbocycles. The number of imidazole rings is 1. The maximum atomic E-state index is 13.3. The smallest absolute Gasteiger partial charge is 0.332 e. The lowest BCUT2D eigenvalue weighted by atomic mass is 10.1. The monoisotopic (exact) mass is 490 g/mol. The van der Waals surface area contributed by atoms with E-state index >= 15 is 0 Å². The van der Waals surface area contributed by atoms with Crippen molar-refractivity contribution in [2.24, 2.45) is 7.05 Å². The molecule has 0 spiro atoms. The number of benzene rings is 1. The third-order valence-electron chi connectivity index (χ3n) is 5.97. The van der Waals surface area contributed by atoms with Crippen molar-refractivity contribution in [2.45, 2.75) is 71.4 Å². The lowest BCUT2D eigenvalue weighted by Crippen LogP contribution is -2.39.